The smallest absolute Gasteiger partial charge is 0.0683 e. The first-order valence-electron chi connectivity index (χ1n) is 8.00. The summed E-state index contributed by atoms with van der Waals surface area (Å²) in [5, 5.41) is 0. The van der Waals surface area contributed by atoms with E-state index in [-0.39, 0.29) is 14.9 Å². The zero-order chi connectivity index (χ0) is 16.0. The molecule has 0 N–H and O–H groups in total. The molecule has 128 valence electrons. The van der Waals surface area contributed by atoms with Gasteiger partial charge in [0.2, 0.25) is 0 Å². The molecule has 0 saturated carbocycles. The first-order valence-corrected chi connectivity index (χ1v) is 8.00. The number of hydrogen-bond donors (Lipinski definition) is 0. The molecule has 0 aliphatic rings. The molecule has 0 fully saturated rings. The molecule has 0 aliphatic carbocycles. The Morgan fingerprint density at radius 3 is 0.167 bits per heavy atom. The van der Waals surface area contributed by atoms with Crippen LogP contribution in [-0.2, 0) is 0 Å². The molecule has 0 spiro atoms. The molecule has 0 unspecified atom stereocenters. The number of rotatable bonds is 0. The highest BCUT2D eigenvalue weighted by atomic mass is 13.0. The molecular formula is C18H56. The minimum atomic E-state index is 0. The van der Waals surface area contributed by atoms with Gasteiger partial charge in [0.05, 0.1) is 0 Å². The van der Waals surface area contributed by atoms with E-state index in [1.807, 2.05) is 111 Å². The van der Waals surface area contributed by atoms with Crippen molar-refractivity contribution in [2.45, 2.75) is 126 Å². The van der Waals surface area contributed by atoms with Gasteiger partial charge in [0, 0.05) is 0 Å². The van der Waals surface area contributed by atoms with Gasteiger partial charge in [-0.15, -0.1) is 0 Å². The topological polar surface area (TPSA) is 0 Å². The van der Waals surface area contributed by atoms with E-state index in [9.17, 15) is 0 Å². The van der Waals surface area contributed by atoms with Gasteiger partial charge in [-0.3, -0.25) is 0 Å². The molecule has 0 aliphatic heterocycles. The fourth-order valence-corrected chi connectivity index (χ4v) is 0. The zero-order valence-electron chi connectivity index (χ0n) is 16.0. The van der Waals surface area contributed by atoms with Gasteiger partial charge in [0.25, 0.3) is 0 Å². The van der Waals surface area contributed by atoms with Crippen molar-refractivity contribution < 1.29 is 0 Å². The predicted octanol–water partition coefficient (Wildman–Crippen LogP) is 9.48. The van der Waals surface area contributed by atoms with Crippen LogP contribution in [-0.4, -0.2) is 0 Å². The molecule has 0 nitrogen and oxygen atoms in total. The Balaban J connectivity index is -0.00000000500. The fraction of sp³-hybridized carbons (Fsp3) is 1.00. The van der Waals surface area contributed by atoms with Crippen LogP contribution in [0.3, 0.4) is 0 Å². The van der Waals surface area contributed by atoms with Gasteiger partial charge in [0.15, 0.2) is 0 Å². The summed E-state index contributed by atoms with van der Waals surface area (Å²) < 4.78 is 0. The van der Waals surface area contributed by atoms with Crippen LogP contribution in [0.1, 0.15) is 126 Å². The summed E-state index contributed by atoms with van der Waals surface area (Å²) in [6, 6.07) is 0. The van der Waals surface area contributed by atoms with Gasteiger partial charge in [-0.1, -0.05) is 126 Å². The molecule has 0 heteroatoms. The summed E-state index contributed by atoms with van der Waals surface area (Å²) >= 11 is 0. The average Bonchev–Trinajstić information content (AvgIpc) is 2.54. The third-order valence-electron chi connectivity index (χ3n) is 0. The van der Waals surface area contributed by atoms with Crippen LogP contribution in [0.25, 0.3) is 0 Å². The van der Waals surface area contributed by atoms with Gasteiger partial charge in [0.1, 0.15) is 0 Å². The molecule has 0 heterocycles. The van der Waals surface area contributed by atoms with E-state index in [2.05, 4.69) is 0 Å². The van der Waals surface area contributed by atoms with E-state index >= 15 is 0 Å². The van der Waals surface area contributed by atoms with Crippen molar-refractivity contribution in [1.82, 2.24) is 0 Å². The third kappa shape index (κ3) is 0. The molecular weight excluding hydrogens is 216 g/mol. The first-order chi connectivity index (χ1) is 8.00. The summed E-state index contributed by atoms with van der Waals surface area (Å²) in [4.78, 5) is 0. The largest absolute Gasteiger partial charge is 0.0776 e. The Morgan fingerprint density at radius 2 is 0.167 bits per heavy atom. The third-order valence-corrected chi connectivity index (χ3v) is 0. The van der Waals surface area contributed by atoms with Gasteiger partial charge >= 0.3 is 0 Å². The lowest BCUT2D eigenvalue weighted by atomic mass is 11.0. The first kappa shape index (κ1) is 81.3. The van der Waals surface area contributed by atoms with Gasteiger partial charge in [-0.2, -0.15) is 0 Å². The predicted molar refractivity (Wildman–Crippen MR) is 104 cm³/mol. The fourth-order valence-electron chi connectivity index (χ4n) is 0. The zero-order valence-corrected chi connectivity index (χ0v) is 16.0. The summed E-state index contributed by atoms with van der Waals surface area (Å²) in [5.41, 5.74) is 0. The lowest BCUT2D eigenvalue weighted by molar-refractivity contribution is 1.50. The second-order valence-electron chi connectivity index (χ2n) is 0. The van der Waals surface area contributed by atoms with E-state index in [4.69, 9.17) is 0 Å². The van der Waals surface area contributed by atoms with Crippen LogP contribution in [0.4, 0.5) is 0 Å². The summed E-state index contributed by atoms with van der Waals surface area (Å²) in [6.45, 7) is 32.0. The molecule has 0 amide bonds. The maximum Gasteiger partial charge on any atom is -0.0683 e. The molecule has 0 aromatic rings. The SMILES string of the molecule is C.C.CC.CC.CC.CC.CC.CC.CC.CC. The molecule has 0 aromatic carbocycles. The van der Waals surface area contributed by atoms with Crippen molar-refractivity contribution >= 4 is 0 Å². The van der Waals surface area contributed by atoms with Crippen molar-refractivity contribution in [3.8, 4) is 0 Å². The minimum Gasteiger partial charge on any atom is -0.0776 e. The Morgan fingerprint density at radius 1 is 0.167 bits per heavy atom. The molecule has 0 saturated heterocycles. The van der Waals surface area contributed by atoms with E-state index in [0.29, 0.717) is 0 Å². The Hall–Kier alpha value is 0. The van der Waals surface area contributed by atoms with Gasteiger partial charge in [-0.25, -0.2) is 0 Å². The second kappa shape index (κ2) is 0. The van der Waals surface area contributed by atoms with Crippen LogP contribution in [0.2, 0.25) is 0 Å². The molecule has 0 bridgehead atoms. The Bertz CT molecular complexity index is 0. The van der Waals surface area contributed by atoms with Crippen molar-refractivity contribution in [3.05, 3.63) is 0 Å². The normalized spacial score (nSPS) is 2.67. The molecule has 0 rings (SSSR count). The second-order valence-corrected chi connectivity index (χ2v) is 0. The van der Waals surface area contributed by atoms with Crippen LogP contribution in [0.15, 0.2) is 0 Å². The van der Waals surface area contributed by atoms with Crippen LogP contribution >= 0.6 is 0 Å². The van der Waals surface area contributed by atoms with Crippen molar-refractivity contribution in [2.75, 3.05) is 0 Å². The van der Waals surface area contributed by atoms with E-state index < -0.39 is 0 Å². The maximum absolute atomic E-state index is 2.00. The molecule has 0 radical (unpaired) electrons. The Labute approximate surface area is 126 Å². The lowest BCUT2D eigenvalue weighted by Crippen LogP contribution is -0.856. The monoisotopic (exact) mass is 272 g/mol. The molecule has 18 heavy (non-hydrogen) atoms. The highest BCUT2D eigenvalue weighted by molar-refractivity contribution is 3.52. The van der Waals surface area contributed by atoms with Crippen LogP contribution < -0.4 is 0 Å². The van der Waals surface area contributed by atoms with Gasteiger partial charge < -0.3 is 0 Å². The maximum atomic E-state index is 2.00. The standard InChI is InChI=1S/8C2H6.2CH4/c8*1-2;;/h8*1-2H3;2*1H4. The summed E-state index contributed by atoms with van der Waals surface area (Å²) in [7, 11) is 0. The highest BCUT2D eigenvalue weighted by Gasteiger charge is 0.946. The van der Waals surface area contributed by atoms with Crippen molar-refractivity contribution in [3.63, 3.8) is 0 Å². The summed E-state index contributed by atoms with van der Waals surface area (Å²) in [5.74, 6) is 0. The van der Waals surface area contributed by atoms with Crippen LogP contribution in [0.5, 0.6) is 0 Å². The van der Waals surface area contributed by atoms with Crippen molar-refractivity contribution in [2.24, 2.45) is 0 Å². The minimum absolute atomic E-state index is 0. The quantitative estimate of drug-likeness (QED) is 0.412. The van der Waals surface area contributed by atoms with Gasteiger partial charge in [-0.05, 0) is 0 Å². The van der Waals surface area contributed by atoms with E-state index in [1.165, 1.54) is 0 Å². The summed E-state index contributed by atoms with van der Waals surface area (Å²) in [6.07, 6.45) is 0. The molecule has 0 aromatic heterocycles. The van der Waals surface area contributed by atoms with Crippen molar-refractivity contribution in [1.29, 1.82) is 0 Å². The number of hydrogen-bond acceptors (Lipinski definition) is 0. The Kier molecular flexibility index (Phi) is 0. The van der Waals surface area contributed by atoms with Crippen LogP contribution in [0, 0.1) is 0 Å². The van der Waals surface area contributed by atoms with E-state index in [1.54, 1.807) is 0 Å². The van der Waals surface area contributed by atoms with E-state index in [0.717, 1.165) is 0 Å². The highest BCUT2D eigenvalue weighted by Crippen LogP contribution is 1.16. The average molecular weight is 273 g/mol. The molecule has 0 atom stereocenters. The lowest BCUT2D eigenvalue weighted by Gasteiger charge is -1.07.